The zero-order valence-corrected chi connectivity index (χ0v) is 16.3. The molecule has 1 amide bonds. The van der Waals surface area contributed by atoms with E-state index < -0.39 is 11.9 Å². The lowest BCUT2D eigenvalue weighted by Gasteiger charge is -2.18. The summed E-state index contributed by atoms with van der Waals surface area (Å²) in [7, 11) is 1.90. The molecule has 7 nitrogen and oxygen atoms in total. The fourth-order valence-corrected chi connectivity index (χ4v) is 2.78. The number of nitrogens with zero attached hydrogens (tertiary/aromatic N) is 3. The third kappa shape index (κ3) is 5.16. The molecule has 0 radical (unpaired) electrons. The Morgan fingerprint density at radius 1 is 1.03 bits per heavy atom. The standard InChI is InChI=1S/C22H22N4O3/c1-3-29-22(28)17-11-7-8-12-18(17)25-21(27)19-13-20(24-15-23-19)26(2)14-16-9-5-4-6-10-16/h4-13,15H,3,14H2,1-2H3,(H,25,27). The molecule has 3 aromatic rings. The maximum atomic E-state index is 12.7. The molecule has 0 bridgehead atoms. The van der Waals surface area contributed by atoms with E-state index in [1.165, 1.54) is 6.33 Å². The van der Waals surface area contributed by atoms with Gasteiger partial charge in [0.15, 0.2) is 0 Å². The molecule has 0 spiro atoms. The van der Waals surface area contributed by atoms with Crippen LogP contribution in [0.2, 0.25) is 0 Å². The normalized spacial score (nSPS) is 10.3. The number of hydrogen-bond acceptors (Lipinski definition) is 6. The number of ether oxygens (including phenoxy) is 1. The summed E-state index contributed by atoms with van der Waals surface area (Å²) in [6.07, 6.45) is 1.35. The molecule has 0 unspecified atom stereocenters. The molecule has 0 aliphatic heterocycles. The van der Waals surface area contributed by atoms with Crippen molar-refractivity contribution in [3.8, 4) is 0 Å². The first-order valence-corrected chi connectivity index (χ1v) is 9.23. The van der Waals surface area contributed by atoms with Crippen LogP contribution in [0.15, 0.2) is 67.0 Å². The summed E-state index contributed by atoms with van der Waals surface area (Å²) >= 11 is 0. The van der Waals surface area contributed by atoms with Gasteiger partial charge in [0.2, 0.25) is 0 Å². The van der Waals surface area contributed by atoms with Gasteiger partial charge in [-0.05, 0) is 24.6 Å². The highest BCUT2D eigenvalue weighted by molar-refractivity contribution is 6.07. The number of para-hydroxylation sites is 1. The SMILES string of the molecule is CCOC(=O)c1ccccc1NC(=O)c1cc(N(C)Cc2ccccc2)ncn1. The van der Waals surface area contributed by atoms with Crippen LogP contribution < -0.4 is 10.2 Å². The first-order valence-electron chi connectivity index (χ1n) is 9.23. The van der Waals surface area contributed by atoms with E-state index in [0.29, 0.717) is 18.1 Å². The van der Waals surface area contributed by atoms with Crippen LogP contribution in [0.5, 0.6) is 0 Å². The van der Waals surface area contributed by atoms with Crippen molar-refractivity contribution < 1.29 is 14.3 Å². The summed E-state index contributed by atoms with van der Waals surface area (Å²) in [5, 5.41) is 2.73. The van der Waals surface area contributed by atoms with Crippen molar-refractivity contribution in [1.82, 2.24) is 9.97 Å². The van der Waals surface area contributed by atoms with Gasteiger partial charge in [-0.15, -0.1) is 0 Å². The Labute approximate surface area is 169 Å². The molecule has 148 valence electrons. The third-order valence-electron chi connectivity index (χ3n) is 4.21. The summed E-state index contributed by atoms with van der Waals surface area (Å²) in [6, 6.07) is 18.3. The second-order valence-electron chi connectivity index (χ2n) is 6.32. The minimum atomic E-state index is -0.491. The molecule has 0 saturated carbocycles. The Kier molecular flexibility index (Phi) is 6.52. The first kappa shape index (κ1) is 20.0. The van der Waals surface area contributed by atoms with Crippen LogP contribution in [0.3, 0.4) is 0 Å². The van der Waals surface area contributed by atoms with Crippen molar-refractivity contribution in [3.63, 3.8) is 0 Å². The smallest absolute Gasteiger partial charge is 0.340 e. The monoisotopic (exact) mass is 390 g/mol. The van der Waals surface area contributed by atoms with E-state index in [1.54, 1.807) is 37.3 Å². The molecule has 2 aromatic carbocycles. The van der Waals surface area contributed by atoms with Crippen molar-refractivity contribution in [1.29, 1.82) is 0 Å². The van der Waals surface area contributed by atoms with Gasteiger partial charge in [0, 0.05) is 19.7 Å². The lowest BCUT2D eigenvalue weighted by atomic mass is 10.1. The number of benzene rings is 2. The minimum absolute atomic E-state index is 0.202. The van der Waals surface area contributed by atoms with Crippen molar-refractivity contribution in [2.75, 3.05) is 23.9 Å². The largest absolute Gasteiger partial charge is 0.462 e. The van der Waals surface area contributed by atoms with Gasteiger partial charge in [-0.25, -0.2) is 14.8 Å². The summed E-state index contributed by atoms with van der Waals surface area (Å²) in [5.74, 6) is -0.305. The second kappa shape index (κ2) is 9.45. The van der Waals surface area contributed by atoms with Gasteiger partial charge in [0.05, 0.1) is 17.9 Å². The lowest BCUT2D eigenvalue weighted by Crippen LogP contribution is -2.20. The van der Waals surface area contributed by atoms with Crippen LogP contribution >= 0.6 is 0 Å². The number of esters is 1. The number of hydrogen-bond donors (Lipinski definition) is 1. The van der Waals surface area contributed by atoms with E-state index >= 15 is 0 Å². The summed E-state index contributed by atoms with van der Waals surface area (Å²) in [4.78, 5) is 35.1. The highest BCUT2D eigenvalue weighted by Gasteiger charge is 2.16. The second-order valence-corrected chi connectivity index (χ2v) is 6.32. The van der Waals surface area contributed by atoms with Crippen LogP contribution in [-0.2, 0) is 11.3 Å². The number of amides is 1. The topological polar surface area (TPSA) is 84.4 Å². The molecule has 0 aliphatic rings. The summed E-state index contributed by atoms with van der Waals surface area (Å²) in [6.45, 7) is 2.63. The van der Waals surface area contributed by atoms with Crippen LogP contribution in [0.1, 0.15) is 33.3 Å². The van der Waals surface area contributed by atoms with Crippen molar-refractivity contribution >= 4 is 23.4 Å². The molecule has 1 aromatic heterocycles. The predicted octanol–water partition coefficient (Wildman–Crippen LogP) is 3.54. The molecule has 1 N–H and O–H groups in total. The Morgan fingerprint density at radius 3 is 2.52 bits per heavy atom. The molecule has 3 rings (SSSR count). The van der Waals surface area contributed by atoms with Gasteiger partial charge in [0.1, 0.15) is 17.8 Å². The zero-order chi connectivity index (χ0) is 20.6. The minimum Gasteiger partial charge on any atom is -0.462 e. The van der Waals surface area contributed by atoms with E-state index in [0.717, 1.165) is 5.56 Å². The van der Waals surface area contributed by atoms with Crippen molar-refractivity contribution in [2.45, 2.75) is 13.5 Å². The fourth-order valence-electron chi connectivity index (χ4n) is 2.78. The van der Waals surface area contributed by atoms with Gasteiger partial charge in [0.25, 0.3) is 5.91 Å². The molecule has 29 heavy (non-hydrogen) atoms. The van der Waals surface area contributed by atoms with Gasteiger partial charge in [-0.1, -0.05) is 42.5 Å². The van der Waals surface area contributed by atoms with Gasteiger partial charge in [-0.3, -0.25) is 4.79 Å². The highest BCUT2D eigenvalue weighted by Crippen LogP contribution is 2.18. The Balaban J connectivity index is 1.76. The third-order valence-corrected chi connectivity index (χ3v) is 4.21. The number of rotatable bonds is 7. The van der Waals surface area contributed by atoms with E-state index in [2.05, 4.69) is 15.3 Å². The quantitative estimate of drug-likeness (QED) is 0.621. The molecule has 7 heteroatoms. The van der Waals surface area contributed by atoms with Crippen molar-refractivity contribution in [3.05, 3.63) is 83.8 Å². The molecule has 0 atom stereocenters. The van der Waals surface area contributed by atoms with E-state index in [-0.39, 0.29) is 17.9 Å². The summed E-state index contributed by atoms with van der Waals surface area (Å²) < 4.78 is 5.04. The van der Waals surface area contributed by atoms with Crippen LogP contribution in [-0.4, -0.2) is 35.5 Å². The van der Waals surface area contributed by atoms with Gasteiger partial charge in [-0.2, -0.15) is 0 Å². The number of anilines is 2. The molecule has 0 fully saturated rings. The van der Waals surface area contributed by atoms with Gasteiger partial charge < -0.3 is 15.0 Å². The first-order chi connectivity index (χ1) is 14.1. The molecular formula is C22H22N4O3. The average Bonchev–Trinajstić information content (AvgIpc) is 2.75. The maximum Gasteiger partial charge on any atom is 0.340 e. The number of carbonyl (C=O) groups excluding carboxylic acids is 2. The number of nitrogens with one attached hydrogen (secondary N) is 1. The molecule has 1 heterocycles. The number of carbonyl (C=O) groups is 2. The fraction of sp³-hybridized carbons (Fsp3) is 0.182. The van der Waals surface area contributed by atoms with E-state index in [4.69, 9.17) is 4.74 Å². The predicted molar refractivity (Wildman–Crippen MR) is 111 cm³/mol. The Morgan fingerprint density at radius 2 is 1.76 bits per heavy atom. The van der Waals surface area contributed by atoms with Crippen molar-refractivity contribution in [2.24, 2.45) is 0 Å². The lowest BCUT2D eigenvalue weighted by molar-refractivity contribution is 0.0527. The van der Waals surface area contributed by atoms with Crippen LogP contribution in [0, 0.1) is 0 Å². The Bertz CT molecular complexity index is 992. The van der Waals surface area contributed by atoms with Crippen LogP contribution in [0.25, 0.3) is 0 Å². The van der Waals surface area contributed by atoms with Crippen LogP contribution in [0.4, 0.5) is 11.5 Å². The summed E-state index contributed by atoms with van der Waals surface area (Å²) in [5.41, 5.74) is 1.99. The van der Waals surface area contributed by atoms with E-state index in [1.807, 2.05) is 42.3 Å². The van der Waals surface area contributed by atoms with Gasteiger partial charge >= 0.3 is 5.97 Å². The van der Waals surface area contributed by atoms with E-state index in [9.17, 15) is 9.59 Å². The number of aromatic nitrogens is 2. The molecular weight excluding hydrogens is 368 g/mol. The molecule has 0 saturated heterocycles. The zero-order valence-electron chi connectivity index (χ0n) is 16.3. The Hall–Kier alpha value is -3.74. The average molecular weight is 390 g/mol. The maximum absolute atomic E-state index is 12.7. The molecule has 0 aliphatic carbocycles. The highest BCUT2D eigenvalue weighted by atomic mass is 16.5.